The van der Waals surface area contributed by atoms with Gasteiger partial charge in [0.1, 0.15) is 5.54 Å². The van der Waals surface area contributed by atoms with Crippen LogP contribution in [0.3, 0.4) is 0 Å². The molecule has 1 atom stereocenters. The molecule has 2 fully saturated rings. The molecule has 2 aliphatic rings. The molecule has 0 aromatic heterocycles. The van der Waals surface area contributed by atoms with E-state index >= 15 is 0 Å². The third-order valence-electron chi connectivity index (χ3n) is 4.68. The third kappa shape index (κ3) is 3.05. The second-order valence-electron chi connectivity index (χ2n) is 5.99. The van der Waals surface area contributed by atoms with Crippen molar-refractivity contribution in [3.63, 3.8) is 0 Å². The Balaban J connectivity index is 1.90. The molecule has 0 aromatic rings. The van der Waals surface area contributed by atoms with Crippen molar-refractivity contribution < 1.29 is 14.7 Å². The first-order valence-corrected chi connectivity index (χ1v) is 8.60. The number of carboxylic acid groups (broad SMARTS) is 1. The van der Waals surface area contributed by atoms with Crippen molar-refractivity contribution >= 4 is 23.8 Å². The van der Waals surface area contributed by atoms with Gasteiger partial charge in [-0.05, 0) is 51.7 Å². The van der Waals surface area contributed by atoms with Crippen molar-refractivity contribution in [1.29, 1.82) is 0 Å². The topological polar surface area (TPSA) is 69.6 Å². The van der Waals surface area contributed by atoms with Gasteiger partial charge in [-0.2, -0.15) is 11.8 Å². The summed E-state index contributed by atoms with van der Waals surface area (Å²) < 4.78 is 0. The van der Waals surface area contributed by atoms with Crippen LogP contribution in [0.4, 0.5) is 4.79 Å². The second-order valence-corrected chi connectivity index (χ2v) is 7.13. The zero-order valence-electron chi connectivity index (χ0n) is 12.2. The van der Waals surface area contributed by atoms with Gasteiger partial charge in [0.25, 0.3) is 0 Å². The lowest BCUT2D eigenvalue weighted by Crippen LogP contribution is -2.56. The summed E-state index contributed by atoms with van der Waals surface area (Å²) in [5.74, 6) is -0.906. The van der Waals surface area contributed by atoms with E-state index in [9.17, 15) is 14.7 Å². The summed E-state index contributed by atoms with van der Waals surface area (Å²) >= 11 is 1.89. The molecule has 0 radical (unpaired) electrons. The largest absolute Gasteiger partial charge is 0.480 e. The summed E-state index contributed by atoms with van der Waals surface area (Å²) in [7, 11) is 0. The molecular weight excluding hydrogens is 276 g/mol. The van der Waals surface area contributed by atoms with Gasteiger partial charge in [-0.1, -0.05) is 0 Å². The van der Waals surface area contributed by atoms with Crippen LogP contribution in [0.2, 0.25) is 0 Å². The number of urea groups is 1. The number of amides is 2. The lowest BCUT2D eigenvalue weighted by Gasteiger charge is -2.34. The second kappa shape index (κ2) is 6.24. The highest BCUT2D eigenvalue weighted by Crippen LogP contribution is 2.30. The van der Waals surface area contributed by atoms with E-state index in [1.54, 1.807) is 6.92 Å². The monoisotopic (exact) mass is 300 g/mol. The molecule has 0 bridgehead atoms. The van der Waals surface area contributed by atoms with E-state index in [0.29, 0.717) is 18.2 Å². The van der Waals surface area contributed by atoms with Crippen LogP contribution in [0.1, 0.15) is 45.4 Å². The molecule has 20 heavy (non-hydrogen) atoms. The van der Waals surface area contributed by atoms with E-state index < -0.39 is 11.5 Å². The summed E-state index contributed by atoms with van der Waals surface area (Å²) in [6, 6.07) is -0.00968. The Morgan fingerprint density at radius 1 is 1.30 bits per heavy atom. The van der Waals surface area contributed by atoms with Crippen LogP contribution in [0, 0.1) is 0 Å². The number of aliphatic carboxylic acids is 1. The minimum atomic E-state index is -1.04. The molecule has 0 aromatic carbocycles. The minimum Gasteiger partial charge on any atom is -0.480 e. The zero-order chi connectivity index (χ0) is 14.8. The molecule has 0 spiro atoms. The van der Waals surface area contributed by atoms with Gasteiger partial charge in [-0.3, -0.25) is 0 Å². The van der Waals surface area contributed by atoms with Crippen LogP contribution in [-0.4, -0.2) is 51.6 Å². The Morgan fingerprint density at radius 3 is 2.50 bits per heavy atom. The van der Waals surface area contributed by atoms with Crippen LogP contribution < -0.4 is 5.32 Å². The predicted octanol–water partition coefficient (Wildman–Crippen LogP) is 2.31. The standard InChI is InChI=1S/C14H24N2O3S/c1-14(12(17)18)8-3-9-16(14)13(19)15-10-4-6-11(20-2)7-5-10/h10-11H,3-9H2,1-2H3,(H,15,19)(H,17,18). The number of likely N-dealkylation sites (tertiary alicyclic amines) is 1. The first kappa shape index (κ1) is 15.5. The van der Waals surface area contributed by atoms with Gasteiger partial charge in [0.05, 0.1) is 0 Å². The van der Waals surface area contributed by atoms with Crippen LogP contribution in [0.15, 0.2) is 0 Å². The molecule has 2 rings (SSSR count). The third-order valence-corrected chi connectivity index (χ3v) is 5.82. The van der Waals surface area contributed by atoms with E-state index in [0.717, 1.165) is 32.1 Å². The van der Waals surface area contributed by atoms with E-state index in [-0.39, 0.29) is 12.1 Å². The van der Waals surface area contributed by atoms with Gasteiger partial charge in [-0.25, -0.2) is 9.59 Å². The van der Waals surface area contributed by atoms with Gasteiger partial charge in [-0.15, -0.1) is 0 Å². The fourth-order valence-electron chi connectivity index (χ4n) is 3.21. The summed E-state index contributed by atoms with van der Waals surface area (Å²) in [4.78, 5) is 25.2. The highest BCUT2D eigenvalue weighted by Gasteiger charge is 2.46. The maximum absolute atomic E-state index is 12.3. The average molecular weight is 300 g/mol. The molecule has 5 nitrogen and oxygen atoms in total. The number of carboxylic acids is 1. The summed E-state index contributed by atoms with van der Waals surface area (Å²) in [6.07, 6.45) is 7.67. The van der Waals surface area contributed by atoms with Gasteiger partial charge in [0.2, 0.25) is 0 Å². The van der Waals surface area contributed by atoms with Crippen molar-refractivity contribution in [3.8, 4) is 0 Å². The van der Waals surface area contributed by atoms with Gasteiger partial charge < -0.3 is 15.3 Å². The van der Waals surface area contributed by atoms with E-state index in [1.165, 1.54) is 4.90 Å². The zero-order valence-corrected chi connectivity index (χ0v) is 13.0. The van der Waals surface area contributed by atoms with Crippen molar-refractivity contribution in [2.45, 2.75) is 62.3 Å². The molecular formula is C14H24N2O3S. The first-order valence-electron chi connectivity index (χ1n) is 7.31. The first-order chi connectivity index (χ1) is 9.47. The molecule has 1 saturated heterocycles. The Labute approximate surface area is 124 Å². The Bertz CT molecular complexity index is 383. The van der Waals surface area contributed by atoms with Crippen molar-refractivity contribution in [3.05, 3.63) is 0 Å². The van der Waals surface area contributed by atoms with E-state index in [1.807, 2.05) is 11.8 Å². The molecule has 1 heterocycles. The number of rotatable bonds is 3. The maximum Gasteiger partial charge on any atom is 0.329 e. The smallest absolute Gasteiger partial charge is 0.329 e. The Kier molecular flexibility index (Phi) is 4.83. The van der Waals surface area contributed by atoms with E-state index in [2.05, 4.69) is 11.6 Å². The number of carbonyl (C=O) groups excluding carboxylic acids is 1. The Hall–Kier alpha value is -0.910. The summed E-state index contributed by atoms with van der Waals surface area (Å²) in [5, 5.41) is 13.1. The molecule has 1 aliphatic heterocycles. The highest BCUT2D eigenvalue weighted by atomic mass is 32.2. The maximum atomic E-state index is 12.3. The van der Waals surface area contributed by atoms with Crippen LogP contribution in [0.25, 0.3) is 0 Å². The number of nitrogens with one attached hydrogen (secondary N) is 1. The van der Waals surface area contributed by atoms with Crippen molar-refractivity contribution in [2.24, 2.45) is 0 Å². The van der Waals surface area contributed by atoms with Crippen molar-refractivity contribution in [2.75, 3.05) is 12.8 Å². The van der Waals surface area contributed by atoms with Crippen LogP contribution >= 0.6 is 11.8 Å². The summed E-state index contributed by atoms with van der Waals surface area (Å²) in [6.45, 7) is 2.18. The fourth-order valence-corrected chi connectivity index (χ4v) is 3.95. The lowest BCUT2D eigenvalue weighted by molar-refractivity contribution is -0.147. The number of hydrogen-bond donors (Lipinski definition) is 2. The van der Waals surface area contributed by atoms with E-state index in [4.69, 9.17) is 0 Å². The number of nitrogens with zero attached hydrogens (tertiary/aromatic N) is 1. The minimum absolute atomic E-state index is 0.199. The molecule has 1 unspecified atom stereocenters. The summed E-state index contributed by atoms with van der Waals surface area (Å²) in [5.41, 5.74) is -1.04. The van der Waals surface area contributed by atoms with Crippen LogP contribution in [0.5, 0.6) is 0 Å². The van der Waals surface area contributed by atoms with Crippen LogP contribution in [-0.2, 0) is 4.79 Å². The number of hydrogen-bond acceptors (Lipinski definition) is 3. The SMILES string of the molecule is CSC1CCC(NC(=O)N2CCCC2(C)C(=O)O)CC1. The molecule has 2 N–H and O–H groups in total. The number of thioether (sulfide) groups is 1. The Morgan fingerprint density at radius 2 is 1.95 bits per heavy atom. The molecule has 114 valence electrons. The molecule has 6 heteroatoms. The lowest BCUT2D eigenvalue weighted by atomic mass is 9.95. The number of carbonyl (C=O) groups is 2. The van der Waals surface area contributed by atoms with Gasteiger partial charge in [0.15, 0.2) is 0 Å². The molecule has 1 aliphatic carbocycles. The quantitative estimate of drug-likeness (QED) is 0.839. The van der Waals surface area contributed by atoms with Gasteiger partial charge >= 0.3 is 12.0 Å². The van der Waals surface area contributed by atoms with Crippen molar-refractivity contribution in [1.82, 2.24) is 10.2 Å². The normalized spacial score (nSPS) is 34.0. The average Bonchev–Trinajstić information content (AvgIpc) is 2.83. The molecule has 2 amide bonds. The highest BCUT2D eigenvalue weighted by molar-refractivity contribution is 7.99. The van der Waals surface area contributed by atoms with Gasteiger partial charge in [0, 0.05) is 17.8 Å². The predicted molar refractivity (Wildman–Crippen MR) is 80.1 cm³/mol. The molecule has 1 saturated carbocycles. The fraction of sp³-hybridized carbons (Fsp3) is 0.857.